The Morgan fingerprint density at radius 3 is 0.750 bits per heavy atom. The maximum Gasteiger partial charge on any atom is -0.0470 e. The van der Waals surface area contributed by atoms with Crippen LogP contribution in [0.1, 0.15) is 41.5 Å². The smallest absolute Gasteiger partial charge is 0.0470 e. The highest BCUT2D eigenvalue weighted by atomic mass is 13.4. The van der Waals surface area contributed by atoms with E-state index in [1.807, 2.05) is 53.7 Å². The van der Waals surface area contributed by atoms with Gasteiger partial charge in [-0.2, -0.15) is 0 Å². The zero-order chi connectivity index (χ0) is 7.41. The molecule has 0 aromatic carbocycles. The van der Waals surface area contributed by atoms with Crippen molar-refractivity contribution in [1.29, 1.82) is 0 Å². The Labute approximate surface area is 54.6 Å². The van der Waals surface area contributed by atoms with Crippen LogP contribution in [0.3, 0.4) is 0 Å². The summed E-state index contributed by atoms with van der Waals surface area (Å²) in [5, 5.41) is 0. The Hall–Kier alpha value is -0.260. The molecule has 0 amide bonds. The molecule has 0 aliphatic heterocycles. The largest absolute Gasteiger partial charge is 0.0919 e. The third-order valence-corrected chi connectivity index (χ3v) is 0.333. The van der Waals surface area contributed by atoms with Crippen molar-refractivity contribution in [2.75, 3.05) is 0 Å². The monoisotopic (exact) mass is 116 g/mol. The van der Waals surface area contributed by atoms with Gasteiger partial charge in [-0.1, -0.05) is 39.8 Å². The van der Waals surface area contributed by atoms with Gasteiger partial charge < -0.3 is 0 Å². The van der Waals surface area contributed by atoms with Gasteiger partial charge in [0.1, 0.15) is 0 Å². The summed E-state index contributed by atoms with van der Waals surface area (Å²) >= 11 is 0. The van der Waals surface area contributed by atoms with Crippen molar-refractivity contribution in [3.05, 3.63) is 12.2 Å². The van der Waals surface area contributed by atoms with Crippen LogP contribution in [0.5, 0.6) is 0 Å². The van der Waals surface area contributed by atoms with Crippen LogP contribution < -0.4 is 0 Å². The predicted octanol–water partition coefficient (Wildman–Crippen LogP) is 3.63. The fraction of sp³-hybridized carbons (Fsp3) is 0.750. The highest BCUT2D eigenvalue weighted by molar-refractivity contribution is 4.68. The molecule has 0 fully saturated rings. The van der Waals surface area contributed by atoms with Gasteiger partial charge in [-0.15, -0.1) is 0 Å². The lowest BCUT2D eigenvalue weighted by Crippen LogP contribution is -1.26. The van der Waals surface area contributed by atoms with Crippen LogP contribution in [0, 0.1) is 0 Å². The summed E-state index contributed by atoms with van der Waals surface area (Å²) in [6, 6.07) is 0. The van der Waals surface area contributed by atoms with Gasteiger partial charge in [-0.25, -0.2) is 0 Å². The van der Waals surface area contributed by atoms with E-state index < -0.39 is 0 Å². The zero-order valence-electron chi connectivity index (χ0n) is 7.15. The Bertz CT molecular complexity index is 15.2. The highest BCUT2D eigenvalue weighted by Gasteiger charge is 1.34. The summed E-state index contributed by atoms with van der Waals surface area (Å²) < 4.78 is 0. The first-order valence-electron chi connectivity index (χ1n) is 3.49. The fourth-order valence-corrected chi connectivity index (χ4v) is 0. The minimum Gasteiger partial charge on any atom is -0.0919 e. The molecule has 0 spiro atoms. The number of hydrogen-bond acceptors (Lipinski definition) is 0. The second-order valence-electron chi connectivity index (χ2n) is 0.667. The van der Waals surface area contributed by atoms with Crippen molar-refractivity contribution in [2.45, 2.75) is 41.5 Å². The van der Waals surface area contributed by atoms with Gasteiger partial charge in [0, 0.05) is 0 Å². The first kappa shape index (κ1) is 15.6. The molecule has 0 aromatic rings. The van der Waals surface area contributed by atoms with Gasteiger partial charge >= 0.3 is 0 Å². The van der Waals surface area contributed by atoms with E-state index in [4.69, 9.17) is 0 Å². The van der Waals surface area contributed by atoms with Crippen molar-refractivity contribution in [1.82, 2.24) is 0 Å². The lowest BCUT2D eigenvalue weighted by Gasteiger charge is -1.49. The SMILES string of the molecule is C/C=C\C.CC.CC. The predicted molar refractivity (Wildman–Crippen MR) is 43.2 cm³/mol. The van der Waals surface area contributed by atoms with Crippen LogP contribution in [-0.4, -0.2) is 0 Å². The summed E-state index contributed by atoms with van der Waals surface area (Å²) in [6.45, 7) is 12.0. The molecule has 0 saturated carbocycles. The molecule has 0 aromatic heterocycles. The standard InChI is InChI=1S/C4H8.2C2H6/c1-3-4-2;2*1-2/h3-4H,1-2H3;2*1-2H3/b4-3-;;. The maximum atomic E-state index is 2.00. The maximum absolute atomic E-state index is 2.00. The summed E-state index contributed by atoms with van der Waals surface area (Å²) in [5.74, 6) is 0. The van der Waals surface area contributed by atoms with E-state index in [2.05, 4.69) is 0 Å². The molecule has 0 bridgehead atoms. The fourth-order valence-electron chi connectivity index (χ4n) is 0. The third kappa shape index (κ3) is 236. The molecule has 0 unspecified atom stereocenters. The Morgan fingerprint density at radius 2 is 0.750 bits per heavy atom. The minimum atomic E-state index is 2.00. The normalized spacial score (nSPS) is 6.25. The molecule has 0 heterocycles. The van der Waals surface area contributed by atoms with Gasteiger partial charge in [0.15, 0.2) is 0 Å². The van der Waals surface area contributed by atoms with Crippen molar-refractivity contribution in [3.63, 3.8) is 0 Å². The van der Waals surface area contributed by atoms with Crippen LogP contribution in [-0.2, 0) is 0 Å². The molecule has 52 valence electrons. The zero-order valence-corrected chi connectivity index (χ0v) is 7.15. The van der Waals surface area contributed by atoms with Gasteiger partial charge in [-0.3, -0.25) is 0 Å². The van der Waals surface area contributed by atoms with E-state index in [-0.39, 0.29) is 0 Å². The van der Waals surface area contributed by atoms with Crippen LogP contribution in [0.25, 0.3) is 0 Å². The molecule has 0 N–H and O–H groups in total. The molecule has 0 aliphatic rings. The van der Waals surface area contributed by atoms with Gasteiger partial charge in [-0.05, 0) is 13.8 Å². The van der Waals surface area contributed by atoms with Gasteiger partial charge in [0.2, 0.25) is 0 Å². The number of hydrogen-bond donors (Lipinski definition) is 0. The number of rotatable bonds is 0. The summed E-state index contributed by atoms with van der Waals surface area (Å²) in [5.41, 5.74) is 0. The van der Waals surface area contributed by atoms with E-state index in [1.54, 1.807) is 0 Å². The van der Waals surface area contributed by atoms with Crippen LogP contribution >= 0.6 is 0 Å². The molecule has 0 rings (SSSR count). The van der Waals surface area contributed by atoms with Crippen molar-refractivity contribution in [2.24, 2.45) is 0 Å². The van der Waals surface area contributed by atoms with E-state index in [1.165, 1.54) is 0 Å². The summed E-state index contributed by atoms with van der Waals surface area (Å²) in [4.78, 5) is 0. The molecule has 0 atom stereocenters. The Morgan fingerprint density at radius 1 is 0.625 bits per heavy atom. The molecule has 0 radical (unpaired) electrons. The van der Waals surface area contributed by atoms with Crippen LogP contribution in [0.2, 0.25) is 0 Å². The van der Waals surface area contributed by atoms with Gasteiger partial charge in [0.25, 0.3) is 0 Å². The summed E-state index contributed by atoms with van der Waals surface area (Å²) in [7, 11) is 0. The Kier molecular flexibility index (Phi) is 143. The van der Waals surface area contributed by atoms with E-state index in [0.29, 0.717) is 0 Å². The van der Waals surface area contributed by atoms with E-state index in [0.717, 1.165) is 0 Å². The van der Waals surface area contributed by atoms with E-state index >= 15 is 0 Å². The molecule has 8 heavy (non-hydrogen) atoms. The number of allylic oxidation sites excluding steroid dienone is 2. The Balaban J connectivity index is -0.0000000542. The van der Waals surface area contributed by atoms with Crippen molar-refractivity contribution in [3.8, 4) is 0 Å². The second-order valence-corrected chi connectivity index (χ2v) is 0.667. The molecule has 0 saturated heterocycles. The van der Waals surface area contributed by atoms with Gasteiger partial charge in [0.05, 0.1) is 0 Å². The molecular weight excluding hydrogens is 96.1 g/mol. The average Bonchev–Trinajstić information content (AvgIpc) is 1.96. The highest BCUT2D eigenvalue weighted by Crippen LogP contribution is 1.57. The van der Waals surface area contributed by atoms with Crippen molar-refractivity contribution < 1.29 is 0 Å². The lowest BCUT2D eigenvalue weighted by atomic mass is 10.6. The van der Waals surface area contributed by atoms with E-state index in [9.17, 15) is 0 Å². The minimum absolute atomic E-state index is 2.00. The van der Waals surface area contributed by atoms with Crippen molar-refractivity contribution >= 4 is 0 Å². The molecule has 0 nitrogen and oxygen atoms in total. The molecule has 0 heteroatoms. The molecule has 0 aliphatic carbocycles. The first-order valence-corrected chi connectivity index (χ1v) is 3.49. The molecular formula is C8H20. The van der Waals surface area contributed by atoms with Crippen LogP contribution in [0.4, 0.5) is 0 Å². The topological polar surface area (TPSA) is 0 Å². The average molecular weight is 116 g/mol. The third-order valence-electron chi connectivity index (χ3n) is 0.333. The van der Waals surface area contributed by atoms with Crippen LogP contribution in [0.15, 0.2) is 12.2 Å². The lowest BCUT2D eigenvalue weighted by molar-refractivity contribution is 1.50. The second kappa shape index (κ2) is 73.3. The first-order chi connectivity index (χ1) is 3.91. The quantitative estimate of drug-likeness (QED) is 0.424. The summed E-state index contributed by atoms with van der Waals surface area (Å²) in [6.07, 6.45) is 4.00.